The average molecular weight is 359 g/mol. The Bertz CT molecular complexity index is 702. The van der Waals surface area contributed by atoms with Crippen LogP contribution in [0.4, 0.5) is 10.5 Å². The van der Waals surface area contributed by atoms with E-state index in [0.29, 0.717) is 24.8 Å². The number of hydrogen-bond donors (Lipinski definition) is 1. The quantitative estimate of drug-likeness (QED) is 0.641. The highest BCUT2D eigenvalue weighted by molar-refractivity contribution is 5.99. The lowest BCUT2D eigenvalue weighted by Gasteiger charge is -2.17. The number of fused-ring (bicyclic) bond motifs is 1. The third-order valence-corrected chi connectivity index (χ3v) is 4.21. The molecule has 0 aliphatic rings. The van der Waals surface area contributed by atoms with Crippen molar-refractivity contribution in [2.24, 2.45) is 0 Å². The maximum atomic E-state index is 12.2. The smallest absolute Gasteiger partial charge is 0.411 e. The number of hydrogen-bond acceptors (Lipinski definition) is 5. The molecule has 1 aromatic heterocycles. The Kier molecular flexibility index (Phi) is 8.15. The second-order valence-corrected chi connectivity index (χ2v) is 6.02. The van der Waals surface area contributed by atoms with E-state index in [2.05, 4.69) is 36.0 Å². The minimum atomic E-state index is -0.465. The van der Waals surface area contributed by atoms with Crippen LogP contribution < -0.4 is 10.1 Å². The molecule has 6 nitrogen and oxygen atoms in total. The van der Waals surface area contributed by atoms with Crippen LogP contribution in [-0.4, -0.2) is 48.8 Å². The molecular formula is C20H29N3O3. The number of nitrogens with one attached hydrogen (secondary N) is 1. The van der Waals surface area contributed by atoms with Gasteiger partial charge in [-0.3, -0.25) is 5.32 Å². The number of carbonyl (C=O) groups is 1. The second kappa shape index (κ2) is 10.6. The summed E-state index contributed by atoms with van der Waals surface area (Å²) in [6, 6.07) is 9.40. The summed E-state index contributed by atoms with van der Waals surface area (Å²) in [5, 5.41) is 3.68. The Hall–Kier alpha value is -2.34. The number of carbonyl (C=O) groups excluding carboxylic acids is 1. The topological polar surface area (TPSA) is 63.7 Å². The monoisotopic (exact) mass is 359 g/mol. The van der Waals surface area contributed by atoms with Gasteiger partial charge >= 0.3 is 6.09 Å². The van der Waals surface area contributed by atoms with Gasteiger partial charge in [0.25, 0.3) is 0 Å². The summed E-state index contributed by atoms with van der Waals surface area (Å²) in [7, 11) is 0. The van der Waals surface area contributed by atoms with E-state index in [0.717, 1.165) is 43.4 Å². The summed E-state index contributed by atoms with van der Waals surface area (Å²) in [6.45, 7) is 9.86. The lowest BCUT2D eigenvalue weighted by atomic mass is 10.2. The summed E-state index contributed by atoms with van der Waals surface area (Å²) in [5.41, 5.74) is 1.43. The molecule has 0 saturated heterocycles. The summed E-state index contributed by atoms with van der Waals surface area (Å²) in [5.74, 6) is 0.510. The third kappa shape index (κ3) is 5.88. The SMILES string of the molecule is CCCCOc1cc(NC(=O)OCCN(CC)CC)c2ccccc2n1. The summed E-state index contributed by atoms with van der Waals surface area (Å²) >= 11 is 0. The molecule has 0 radical (unpaired) electrons. The number of rotatable bonds is 10. The highest BCUT2D eigenvalue weighted by atomic mass is 16.5. The molecule has 0 aliphatic carbocycles. The number of amides is 1. The highest BCUT2D eigenvalue weighted by Gasteiger charge is 2.11. The lowest BCUT2D eigenvalue weighted by Crippen LogP contribution is -2.28. The molecule has 0 bridgehead atoms. The minimum Gasteiger partial charge on any atom is -0.478 e. The molecule has 6 heteroatoms. The van der Waals surface area contributed by atoms with Crippen LogP contribution in [-0.2, 0) is 4.74 Å². The molecular weight excluding hydrogens is 330 g/mol. The van der Waals surface area contributed by atoms with E-state index in [-0.39, 0.29) is 0 Å². The van der Waals surface area contributed by atoms with E-state index in [4.69, 9.17) is 9.47 Å². The van der Waals surface area contributed by atoms with E-state index >= 15 is 0 Å². The largest absolute Gasteiger partial charge is 0.478 e. The van der Waals surface area contributed by atoms with Gasteiger partial charge in [-0.2, -0.15) is 0 Å². The van der Waals surface area contributed by atoms with Crippen molar-refractivity contribution in [1.82, 2.24) is 9.88 Å². The molecule has 1 amide bonds. The molecule has 2 aromatic rings. The zero-order valence-corrected chi connectivity index (χ0v) is 16.0. The van der Waals surface area contributed by atoms with E-state index < -0.39 is 6.09 Å². The number of nitrogens with zero attached hydrogens (tertiary/aromatic N) is 2. The van der Waals surface area contributed by atoms with Crippen LogP contribution in [0.1, 0.15) is 33.6 Å². The van der Waals surface area contributed by atoms with E-state index in [1.165, 1.54) is 0 Å². The molecule has 1 aromatic carbocycles. The van der Waals surface area contributed by atoms with Crippen LogP contribution in [0.5, 0.6) is 5.88 Å². The highest BCUT2D eigenvalue weighted by Crippen LogP contribution is 2.26. The molecule has 0 saturated carbocycles. The number of likely N-dealkylation sites (N-methyl/N-ethyl adjacent to an activating group) is 1. The van der Waals surface area contributed by atoms with Crippen molar-refractivity contribution in [2.75, 3.05) is 38.2 Å². The maximum Gasteiger partial charge on any atom is 0.411 e. The van der Waals surface area contributed by atoms with Gasteiger partial charge in [0.15, 0.2) is 0 Å². The van der Waals surface area contributed by atoms with Gasteiger partial charge in [0.1, 0.15) is 6.61 Å². The van der Waals surface area contributed by atoms with Crippen molar-refractivity contribution in [3.63, 3.8) is 0 Å². The zero-order chi connectivity index (χ0) is 18.8. The number of pyridine rings is 1. The standard InChI is InChI=1S/C20H29N3O3/c1-4-7-13-25-19-15-18(16-10-8-9-11-17(16)21-19)22-20(24)26-14-12-23(5-2)6-3/h8-11,15H,4-7,12-14H2,1-3H3,(H,21,22,24). The van der Waals surface area contributed by atoms with Crippen LogP contribution in [0.25, 0.3) is 10.9 Å². The molecule has 26 heavy (non-hydrogen) atoms. The normalized spacial score (nSPS) is 10.9. The van der Waals surface area contributed by atoms with Gasteiger partial charge in [0.2, 0.25) is 5.88 Å². The lowest BCUT2D eigenvalue weighted by molar-refractivity contribution is 0.142. The molecule has 1 heterocycles. The van der Waals surface area contributed by atoms with Crippen molar-refractivity contribution in [3.8, 4) is 5.88 Å². The van der Waals surface area contributed by atoms with Crippen molar-refractivity contribution < 1.29 is 14.3 Å². The van der Waals surface area contributed by atoms with Crippen molar-refractivity contribution >= 4 is 22.7 Å². The van der Waals surface area contributed by atoms with Crippen LogP contribution in [0.2, 0.25) is 0 Å². The Morgan fingerprint density at radius 2 is 1.92 bits per heavy atom. The van der Waals surface area contributed by atoms with Gasteiger partial charge in [-0.15, -0.1) is 0 Å². The Morgan fingerprint density at radius 3 is 2.65 bits per heavy atom. The molecule has 0 atom stereocenters. The van der Waals surface area contributed by atoms with Gasteiger partial charge in [0.05, 0.1) is 17.8 Å². The van der Waals surface area contributed by atoms with Crippen LogP contribution in [0.15, 0.2) is 30.3 Å². The first-order valence-corrected chi connectivity index (χ1v) is 9.36. The van der Waals surface area contributed by atoms with Gasteiger partial charge in [-0.05, 0) is 25.6 Å². The van der Waals surface area contributed by atoms with Crippen LogP contribution in [0, 0.1) is 0 Å². The number of ether oxygens (including phenoxy) is 2. The average Bonchev–Trinajstić information content (AvgIpc) is 2.65. The summed E-state index contributed by atoms with van der Waals surface area (Å²) in [6.07, 6.45) is 1.55. The Balaban J connectivity index is 2.05. The van der Waals surface area contributed by atoms with Gasteiger partial charge in [-0.25, -0.2) is 9.78 Å². The van der Waals surface area contributed by atoms with Crippen molar-refractivity contribution in [3.05, 3.63) is 30.3 Å². The van der Waals surface area contributed by atoms with E-state index in [1.807, 2.05) is 24.3 Å². The van der Waals surface area contributed by atoms with Gasteiger partial charge < -0.3 is 14.4 Å². The molecule has 0 fully saturated rings. The fraction of sp³-hybridized carbons (Fsp3) is 0.500. The first kappa shape index (κ1) is 20.0. The predicted molar refractivity (Wildman–Crippen MR) is 105 cm³/mol. The molecule has 142 valence electrons. The van der Waals surface area contributed by atoms with Crippen molar-refractivity contribution in [2.45, 2.75) is 33.6 Å². The Morgan fingerprint density at radius 1 is 1.15 bits per heavy atom. The molecule has 2 rings (SSSR count). The van der Waals surface area contributed by atoms with Crippen molar-refractivity contribution in [1.29, 1.82) is 0 Å². The van der Waals surface area contributed by atoms with E-state index in [1.54, 1.807) is 6.07 Å². The third-order valence-electron chi connectivity index (χ3n) is 4.21. The first-order valence-electron chi connectivity index (χ1n) is 9.36. The van der Waals surface area contributed by atoms with Gasteiger partial charge in [0, 0.05) is 18.0 Å². The number of para-hydroxylation sites is 1. The fourth-order valence-corrected chi connectivity index (χ4v) is 2.60. The van der Waals surface area contributed by atoms with Crippen LogP contribution >= 0.6 is 0 Å². The summed E-state index contributed by atoms with van der Waals surface area (Å²) < 4.78 is 11.0. The number of aromatic nitrogens is 1. The second-order valence-electron chi connectivity index (χ2n) is 6.02. The van der Waals surface area contributed by atoms with E-state index in [9.17, 15) is 4.79 Å². The number of anilines is 1. The number of benzene rings is 1. The fourth-order valence-electron chi connectivity index (χ4n) is 2.60. The molecule has 0 aliphatic heterocycles. The van der Waals surface area contributed by atoms with Crippen LogP contribution in [0.3, 0.4) is 0 Å². The maximum absolute atomic E-state index is 12.2. The van der Waals surface area contributed by atoms with Gasteiger partial charge in [-0.1, -0.05) is 45.4 Å². The molecule has 0 spiro atoms. The number of unbranched alkanes of at least 4 members (excludes halogenated alkanes) is 1. The predicted octanol–water partition coefficient (Wildman–Crippen LogP) is 4.30. The first-order chi connectivity index (χ1) is 12.7. The summed E-state index contributed by atoms with van der Waals surface area (Å²) in [4.78, 5) is 18.9. The zero-order valence-electron chi connectivity index (χ0n) is 16.0. The Labute approximate surface area is 155 Å². The minimum absolute atomic E-state index is 0.358. The molecule has 1 N–H and O–H groups in total. The molecule has 0 unspecified atom stereocenters.